The monoisotopic (exact) mass is 263 g/mol. The van der Waals surface area contributed by atoms with Crippen LogP contribution in [-0.4, -0.2) is 10.1 Å². The molecule has 3 nitrogen and oxygen atoms in total. The van der Waals surface area contributed by atoms with Crippen molar-refractivity contribution in [1.29, 1.82) is 0 Å². The van der Waals surface area contributed by atoms with Crippen LogP contribution in [0.15, 0.2) is 42.7 Å². The van der Waals surface area contributed by atoms with Gasteiger partial charge in [-0.15, -0.1) is 0 Å². The molecule has 0 radical (unpaired) electrons. The van der Waals surface area contributed by atoms with Crippen molar-refractivity contribution in [2.75, 3.05) is 0 Å². The summed E-state index contributed by atoms with van der Waals surface area (Å²) in [6.07, 6.45) is 2.85. The molecular formula is C14H14ClNO2. The third-order valence-corrected chi connectivity index (χ3v) is 2.77. The molecule has 0 spiro atoms. The van der Waals surface area contributed by atoms with Crippen molar-refractivity contribution in [3.8, 4) is 5.75 Å². The number of rotatable bonds is 4. The second-order valence-corrected chi connectivity index (χ2v) is 4.44. The predicted octanol–water partition coefficient (Wildman–Crippen LogP) is 3.37. The highest BCUT2D eigenvalue weighted by Gasteiger charge is 2.10. The summed E-state index contributed by atoms with van der Waals surface area (Å²) in [6, 6.07) is 9.01. The fourth-order valence-corrected chi connectivity index (χ4v) is 1.80. The summed E-state index contributed by atoms with van der Waals surface area (Å²) in [5.74, 6) is 0.637. The fourth-order valence-electron chi connectivity index (χ4n) is 1.62. The number of pyridine rings is 1. The van der Waals surface area contributed by atoms with Crippen molar-refractivity contribution in [2.24, 2.45) is 0 Å². The molecule has 0 aliphatic carbocycles. The van der Waals surface area contributed by atoms with Gasteiger partial charge < -0.3 is 9.84 Å². The topological polar surface area (TPSA) is 42.4 Å². The van der Waals surface area contributed by atoms with E-state index < -0.39 is 6.10 Å². The van der Waals surface area contributed by atoms with Gasteiger partial charge in [0.25, 0.3) is 0 Å². The third-order valence-electron chi connectivity index (χ3n) is 2.54. The Labute approximate surface area is 111 Å². The number of aromatic nitrogens is 1. The Morgan fingerprint density at radius 1 is 1.39 bits per heavy atom. The first kappa shape index (κ1) is 12.9. The van der Waals surface area contributed by atoms with E-state index in [0.717, 1.165) is 5.56 Å². The molecule has 1 N–H and O–H groups in total. The van der Waals surface area contributed by atoms with E-state index in [0.29, 0.717) is 22.9 Å². The van der Waals surface area contributed by atoms with Crippen molar-refractivity contribution >= 4 is 11.6 Å². The van der Waals surface area contributed by atoms with Gasteiger partial charge in [0.2, 0.25) is 0 Å². The van der Waals surface area contributed by atoms with Crippen molar-refractivity contribution in [3.05, 3.63) is 58.9 Å². The standard InChI is InChI=1S/C14H14ClNO2/c1-10(17)13-7-12(15)4-5-14(13)18-9-11-3-2-6-16-8-11/h2-8,10,17H,9H2,1H3. The first-order valence-electron chi connectivity index (χ1n) is 5.66. The molecule has 0 saturated carbocycles. The first-order chi connectivity index (χ1) is 8.66. The lowest BCUT2D eigenvalue weighted by atomic mass is 10.1. The highest BCUT2D eigenvalue weighted by molar-refractivity contribution is 6.30. The van der Waals surface area contributed by atoms with Crippen LogP contribution in [-0.2, 0) is 6.61 Å². The number of halogens is 1. The van der Waals surface area contributed by atoms with Gasteiger partial charge in [-0.05, 0) is 31.2 Å². The Bertz CT molecular complexity index is 514. The smallest absolute Gasteiger partial charge is 0.125 e. The quantitative estimate of drug-likeness (QED) is 0.920. The molecule has 0 fully saturated rings. The molecule has 0 bridgehead atoms. The van der Waals surface area contributed by atoms with E-state index in [1.165, 1.54) is 0 Å². The Morgan fingerprint density at radius 2 is 2.22 bits per heavy atom. The Balaban J connectivity index is 2.14. The third kappa shape index (κ3) is 3.22. The molecule has 0 amide bonds. The van der Waals surface area contributed by atoms with Crippen LogP contribution in [0.2, 0.25) is 5.02 Å². The van der Waals surface area contributed by atoms with Crippen LogP contribution >= 0.6 is 11.6 Å². The molecular weight excluding hydrogens is 250 g/mol. The van der Waals surface area contributed by atoms with Crippen molar-refractivity contribution in [3.63, 3.8) is 0 Å². The molecule has 94 valence electrons. The van der Waals surface area contributed by atoms with Gasteiger partial charge >= 0.3 is 0 Å². The zero-order chi connectivity index (χ0) is 13.0. The highest BCUT2D eigenvalue weighted by Crippen LogP contribution is 2.28. The lowest BCUT2D eigenvalue weighted by Gasteiger charge is -2.13. The maximum atomic E-state index is 9.68. The summed E-state index contributed by atoms with van der Waals surface area (Å²) >= 11 is 5.90. The summed E-state index contributed by atoms with van der Waals surface area (Å²) in [5, 5.41) is 10.3. The Kier molecular flexibility index (Phi) is 4.18. The molecule has 1 aromatic carbocycles. The van der Waals surface area contributed by atoms with Gasteiger partial charge in [-0.1, -0.05) is 17.7 Å². The molecule has 1 atom stereocenters. The summed E-state index contributed by atoms with van der Waals surface area (Å²) < 4.78 is 5.68. The minimum absolute atomic E-state index is 0.412. The van der Waals surface area contributed by atoms with E-state index in [1.807, 2.05) is 12.1 Å². The van der Waals surface area contributed by atoms with Crippen molar-refractivity contribution < 1.29 is 9.84 Å². The molecule has 1 unspecified atom stereocenters. The van der Waals surface area contributed by atoms with Crippen molar-refractivity contribution in [1.82, 2.24) is 4.98 Å². The van der Waals surface area contributed by atoms with Gasteiger partial charge in [0, 0.05) is 28.5 Å². The van der Waals surface area contributed by atoms with Crippen LogP contribution < -0.4 is 4.74 Å². The molecule has 0 aliphatic heterocycles. The van der Waals surface area contributed by atoms with Gasteiger partial charge in [-0.2, -0.15) is 0 Å². The van der Waals surface area contributed by atoms with Crippen LogP contribution in [0.3, 0.4) is 0 Å². The van der Waals surface area contributed by atoms with Crippen LogP contribution in [0, 0.1) is 0 Å². The van der Waals surface area contributed by atoms with Crippen LogP contribution in [0.5, 0.6) is 5.75 Å². The van der Waals surface area contributed by atoms with E-state index in [-0.39, 0.29) is 0 Å². The number of hydrogen-bond acceptors (Lipinski definition) is 3. The molecule has 1 heterocycles. The van der Waals surface area contributed by atoms with E-state index in [4.69, 9.17) is 16.3 Å². The molecule has 2 rings (SSSR count). The highest BCUT2D eigenvalue weighted by atomic mass is 35.5. The van der Waals surface area contributed by atoms with Crippen molar-refractivity contribution in [2.45, 2.75) is 19.6 Å². The van der Waals surface area contributed by atoms with E-state index in [1.54, 1.807) is 37.5 Å². The fraction of sp³-hybridized carbons (Fsp3) is 0.214. The minimum atomic E-state index is -0.618. The molecule has 1 aromatic heterocycles. The summed E-state index contributed by atoms with van der Waals surface area (Å²) in [4.78, 5) is 4.02. The summed E-state index contributed by atoms with van der Waals surface area (Å²) in [6.45, 7) is 2.10. The lowest BCUT2D eigenvalue weighted by Crippen LogP contribution is -2.01. The van der Waals surface area contributed by atoms with E-state index >= 15 is 0 Å². The number of aliphatic hydroxyl groups excluding tert-OH is 1. The maximum Gasteiger partial charge on any atom is 0.125 e. The van der Waals surface area contributed by atoms with Crippen LogP contribution in [0.4, 0.5) is 0 Å². The Morgan fingerprint density at radius 3 is 2.89 bits per heavy atom. The normalized spacial score (nSPS) is 12.2. The van der Waals surface area contributed by atoms with Gasteiger partial charge in [-0.3, -0.25) is 4.98 Å². The number of hydrogen-bond donors (Lipinski definition) is 1. The summed E-state index contributed by atoms with van der Waals surface area (Å²) in [5.41, 5.74) is 1.66. The molecule has 18 heavy (non-hydrogen) atoms. The molecule has 0 aliphatic rings. The second kappa shape index (κ2) is 5.85. The van der Waals surface area contributed by atoms with E-state index in [9.17, 15) is 5.11 Å². The van der Waals surface area contributed by atoms with Gasteiger partial charge in [0.05, 0.1) is 6.10 Å². The Hall–Kier alpha value is -1.58. The van der Waals surface area contributed by atoms with Crippen LogP contribution in [0.1, 0.15) is 24.2 Å². The second-order valence-electron chi connectivity index (χ2n) is 4.01. The predicted molar refractivity (Wildman–Crippen MR) is 70.7 cm³/mol. The number of nitrogens with zero attached hydrogens (tertiary/aromatic N) is 1. The largest absolute Gasteiger partial charge is 0.488 e. The number of benzene rings is 1. The number of aliphatic hydroxyl groups is 1. The van der Waals surface area contributed by atoms with E-state index in [2.05, 4.69) is 4.98 Å². The lowest BCUT2D eigenvalue weighted by molar-refractivity contribution is 0.190. The van der Waals surface area contributed by atoms with Gasteiger partial charge in [0.1, 0.15) is 12.4 Å². The minimum Gasteiger partial charge on any atom is -0.488 e. The van der Waals surface area contributed by atoms with Crippen LogP contribution in [0.25, 0.3) is 0 Å². The SMILES string of the molecule is CC(O)c1cc(Cl)ccc1OCc1cccnc1. The molecule has 0 saturated heterocycles. The molecule has 4 heteroatoms. The van der Waals surface area contributed by atoms with Gasteiger partial charge in [0.15, 0.2) is 0 Å². The zero-order valence-corrected chi connectivity index (χ0v) is 10.8. The molecule has 2 aromatic rings. The zero-order valence-electron chi connectivity index (χ0n) is 10.0. The summed E-state index contributed by atoms with van der Waals surface area (Å²) in [7, 11) is 0. The average molecular weight is 264 g/mol. The maximum absolute atomic E-state index is 9.68. The first-order valence-corrected chi connectivity index (χ1v) is 6.04. The number of ether oxygens (including phenoxy) is 1. The van der Waals surface area contributed by atoms with Gasteiger partial charge in [-0.25, -0.2) is 0 Å². The average Bonchev–Trinajstić information content (AvgIpc) is 2.38.